The van der Waals surface area contributed by atoms with Crippen LogP contribution in [0.15, 0.2) is 34.7 Å². The predicted octanol–water partition coefficient (Wildman–Crippen LogP) is 0.934. The minimum absolute atomic E-state index is 0.168. The molecule has 78 valence electrons. The Bertz CT molecular complexity index is 415. The maximum absolute atomic E-state index is 5.39. The Labute approximate surface area is 86.0 Å². The Balaban J connectivity index is 1.93. The summed E-state index contributed by atoms with van der Waals surface area (Å²) in [5.74, 6) is 6.20. The van der Waals surface area contributed by atoms with Crippen LogP contribution in [0.4, 0.5) is 6.01 Å². The number of benzene rings is 1. The molecule has 6 nitrogen and oxygen atoms in total. The molecule has 0 aliphatic heterocycles. The summed E-state index contributed by atoms with van der Waals surface area (Å²) < 4.78 is 10.5. The monoisotopic (exact) mass is 206 g/mol. The largest absolute Gasteiger partial charge is 0.484 e. The fraction of sp³-hybridized carbons (Fsp3) is 0.111. The quantitative estimate of drug-likeness (QED) is 0.571. The van der Waals surface area contributed by atoms with Crippen LogP contribution in [-0.2, 0) is 6.61 Å². The Hall–Kier alpha value is -2.08. The van der Waals surface area contributed by atoms with Crippen molar-refractivity contribution in [3.63, 3.8) is 0 Å². The highest BCUT2D eigenvalue weighted by molar-refractivity contribution is 5.21. The number of hydrazine groups is 1. The second-order valence-corrected chi connectivity index (χ2v) is 2.75. The summed E-state index contributed by atoms with van der Waals surface area (Å²) >= 11 is 0. The zero-order valence-corrected chi connectivity index (χ0v) is 7.88. The molecule has 1 aromatic heterocycles. The van der Waals surface area contributed by atoms with E-state index < -0.39 is 0 Å². The van der Waals surface area contributed by atoms with Gasteiger partial charge in [-0.1, -0.05) is 23.3 Å². The second kappa shape index (κ2) is 4.43. The van der Waals surface area contributed by atoms with Crippen LogP contribution in [0.3, 0.4) is 0 Å². The molecule has 0 amide bonds. The topological polar surface area (TPSA) is 86.2 Å². The first-order valence-electron chi connectivity index (χ1n) is 4.35. The highest BCUT2D eigenvalue weighted by Gasteiger charge is 2.04. The lowest BCUT2D eigenvalue weighted by molar-refractivity contribution is 0.264. The maximum Gasteiger partial charge on any atom is 0.330 e. The molecule has 0 atom stereocenters. The van der Waals surface area contributed by atoms with E-state index in [4.69, 9.17) is 15.0 Å². The summed E-state index contributed by atoms with van der Waals surface area (Å²) in [6.07, 6.45) is 0. The van der Waals surface area contributed by atoms with Gasteiger partial charge in [0, 0.05) is 0 Å². The number of ether oxygens (including phenoxy) is 1. The second-order valence-electron chi connectivity index (χ2n) is 2.75. The number of aromatic nitrogens is 2. The van der Waals surface area contributed by atoms with E-state index in [9.17, 15) is 0 Å². The summed E-state index contributed by atoms with van der Waals surface area (Å²) in [6, 6.07) is 9.54. The number of nitrogens with zero attached hydrogens (tertiary/aromatic N) is 2. The van der Waals surface area contributed by atoms with Gasteiger partial charge in [-0.05, 0) is 12.1 Å². The van der Waals surface area contributed by atoms with Gasteiger partial charge in [-0.3, -0.25) is 5.43 Å². The molecule has 0 radical (unpaired) electrons. The van der Waals surface area contributed by atoms with Gasteiger partial charge in [0.1, 0.15) is 5.75 Å². The smallest absolute Gasteiger partial charge is 0.330 e. The summed E-state index contributed by atoms with van der Waals surface area (Å²) in [7, 11) is 0. The molecule has 0 unspecified atom stereocenters. The normalized spacial score (nSPS) is 9.93. The van der Waals surface area contributed by atoms with Crippen LogP contribution in [-0.4, -0.2) is 10.2 Å². The van der Waals surface area contributed by atoms with Gasteiger partial charge < -0.3 is 9.15 Å². The molecule has 6 heteroatoms. The summed E-state index contributed by atoms with van der Waals surface area (Å²) in [6.45, 7) is 0.221. The fourth-order valence-electron chi connectivity index (χ4n) is 1.03. The van der Waals surface area contributed by atoms with Gasteiger partial charge in [-0.15, -0.1) is 5.10 Å². The molecular weight excluding hydrogens is 196 g/mol. The highest BCUT2D eigenvalue weighted by atomic mass is 16.5. The average Bonchev–Trinajstić information content (AvgIpc) is 2.76. The first-order valence-corrected chi connectivity index (χ1v) is 4.35. The van der Waals surface area contributed by atoms with E-state index >= 15 is 0 Å². The number of nitrogens with two attached hydrogens (primary N) is 1. The summed E-state index contributed by atoms with van der Waals surface area (Å²) in [5, 5.41) is 7.33. The molecule has 0 aliphatic rings. The number of nitrogens with one attached hydrogen (secondary N) is 1. The lowest BCUT2D eigenvalue weighted by Crippen LogP contribution is -2.06. The van der Waals surface area contributed by atoms with Gasteiger partial charge in [0.2, 0.25) is 0 Å². The van der Waals surface area contributed by atoms with Crippen molar-refractivity contribution in [2.75, 3.05) is 5.43 Å². The zero-order valence-electron chi connectivity index (χ0n) is 7.88. The zero-order chi connectivity index (χ0) is 10.5. The first-order chi connectivity index (χ1) is 7.38. The molecule has 15 heavy (non-hydrogen) atoms. The van der Waals surface area contributed by atoms with Gasteiger partial charge in [0.25, 0.3) is 5.89 Å². The lowest BCUT2D eigenvalue weighted by atomic mass is 10.3. The standard InChI is InChI=1S/C9H10N4O2/c10-11-9-13-12-8(15-9)6-14-7-4-2-1-3-5-7/h1-5H,6,10H2,(H,11,13). The van der Waals surface area contributed by atoms with Crippen molar-refractivity contribution in [3.05, 3.63) is 36.2 Å². The molecule has 1 aromatic carbocycles. The van der Waals surface area contributed by atoms with Crippen LogP contribution >= 0.6 is 0 Å². The van der Waals surface area contributed by atoms with Gasteiger partial charge in [0.15, 0.2) is 6.61 Å². The van der Waals surface area contributed by atoms with E-state index in [1.165, 1.54) is 0 Å². The third-order valence-electron chi connectivity index (χ3n) is 1.70. The predicted molar refractivity (Wildman–Crippen MR) is 52.9 cm³/mol. The third-order valence-corrected chi connectivity index (χ3v) is 1.70. The van der Waals surface area contributed by atoms with Crippen LogP contribution in [0.5, 0.6) is 5.75 Å². The van der Waals surface area contributed by atoms with Crippen molar-refractivity contribution >= 4 is 6.01 Å². The van der Waals surface area contributed by atoms with Crippen molar-refractivity contribution in [1.82, 2.24) is 10.2 Å². The van der Waals surface area contributed by atoms with E-state index in [0.717, 1.165) is 5.75 Å². The van der Waals surface area contributed by atoms with Gasteiger partial charge in [0.05, 0.1) is 0 Å². The van der Waals surface area contributed by atoms with Crippen LogP contribution in [0, 0.1) is 0 Å². The summed E-state index contributed by atoms with van der Waals surface area (Å²) in [4.78, 5) is 0. The molecule has 2 aromatic rings. The van der Waals surface area contributed by atoms with E-state index in [2.05, 4.69) is 15.6 Å². The molecule has 0 aliphatic carbocycles. The molecule has 0 spiro atoms. The van der Waals surface area contributed by atoms with Crippen LogP contribution in [0.1, 0.15) is 5.89 Å². The summed E-state index contributed by atoms with van der Waals surface area (Å²) in [5.41, 5.74) is 2.25. The fourth-order valence-corrected chi connectivity index (χ4v) is 1.03. The van der Waals surface area contributed by atoms with Crippen molar-refractivity contribution in [1.29, 1.82) is 0 Å². The van der Waals surface area contributed by atoms with Crippen molar-refractivity contribution in [2.45, 2.75) is 6.61 Å². The Morgan fingerprint density at radius 1 is 1.27 bits per heavy atom. The first kappa shape index (κ1) is 9.47. The number of hydrogen-bond acceptors (Lipinski definition) is 6. The number of rotatable bonds is 4. The SMILES string of the molecule is NNc1nnc(COc2ccccc2)o1. The van der Waals surface area contributed by atoms with Crippen molar-refractivity contribution < 1.29 is 9.15 Å². The minimum Gasteiger partial charge on any atom is -0.484 e. The molecule has 2 rings (SSSR count). The molecule has 1 heterocycles. The third kappa shape index (κ3) is 2.44. The maximum atomic E-state index is 5.39. The lowest BCUT2D eigenvalue weighted by Gasteiger charge is -2.01. The van der Waals surface area contributed by atoms with Crippen molar-refractivity contribution in [2.24, 2.45) is 5.84 Å². The van der Waals surface area contributed by atoms with E-state index in [1.807, 2.05) is 30.3 Å². The molecule has 0 saturated carbocycles. The minimum atomic E-state index is 0.168. The van der Waals surface area contributed by atoms with Crippen LogP contribution in [0.25, 0.3) is 0 Å². The molecule has 3 N–H and O–H groups in total. The van der Waals surface area contributed by atoms with Gasteiger partial charge >= 0.3 is 6.01 Å². The molecule has 0 fully saturated rings. The Morgan fingerprint density at radius 2 is 2.07 bits per heavy atom. The Kier molecular flexibility index (Phi) is 2.80. The number of anilines is 1. The highest BCUT2D eigenvalue weighted by Crippen LogP contribution is 2.11. The Morgan fingerprint density at radius 3 is 2.73 bits per heavy atom. The van der Waals surface area contributed by atoms with Gasteiger partial charge in [-0.25, -0.2) is 5.84 Å². The molecule has 0 saturated heterocycles. The van der Waals surface area contributed by atoms with Crippen LogP contribution < -0.4 is 16.0 Å². The molecular formula is C9H10N4O2. The number of nitrogen functional groups attached to an aromatic ring is 1. The van der Waals surface area contributed by atoms with E-state index in [-0.39, 0.29) is 12.6 Å². The molecule has 0 bridgehead atoms. The number of para-hydroxylation sites is 1. The van der Waals surface area contributed by atoms with Crippen molar-refractivity contribution in [3.8, 4) is 5.75 Å². The average molecular weight is 206 g/mol. The van der Waals surface area contributed by atoms with Crippen LogP contribution in [0.2, 0.25) is 0 Å². The van der Waals surface area contributed by atoms with E-state index in [0.29, 0.717) is 5.89 Å². The van der Waals surface area contributed by atoms with Gasteiger partial charge in [-0.2, -0.15) is 0 Å². The number of hydrogen-bond donors (Lipinski definition) is 2. The van der Waals surface area contributed by atoms with E-state index in [1.54, 1.807) is 0 Å².